The van der Waals surface area contributed by atoms with E-state index in [4.69, 9.17) is 0 Å². The van der Waals surface area contributed by atoms with E-state index in [2.05, 4.69) is 6.92 Å². The minimum Gasteiger partial charge on any atom is -0.286 e. The van der Waals surface area contributed by atoms with Gasteiger partial charge in [0.15, 0.2) is 0 Å². The van der Waals surface area contributed by atoms with Crippen LogP contribution in [0.5, 0.6) is 0 Å². The van der Waals surface area contributed by atoms with Crippen LogP contribution in [-0.2, 0) is 15.0 Å². The number of rotatable bonds is 8. The van der Waals surface area contributed by atoms with Gasteiger partial charge in [-0.2, -0.15) is 0 Å². The van der Waals surface area contributed by atoms with E-state index >= 15 is 0 Å². The normalized spacial score (nSPS) is 12.6. The lowest BCUT2D eigenvalue weighted by Gasteiger charge is -2.36. The van der Waals surface area contributed by atoms with Crippen molar-refractivity contribution in [2.45, 2.75) is 37.5 Å². The molecule has 0 bridgehead atoms. The summed E-state index contributed by atoms with van der Waals surface area (Å²) >= 11 is 3.61. The second-order valence-electron chi connectivity index (χ2n) is 5.83. The van der Waals surface area contributed by atoms with Gasteiger partial charge in [-0.15, -0.1) is 0 Å². The SMILES string of the molecule is CCCCC(c1ccccc1)C(C(=O)I)(C(=O)I)c1ccccc1. The number of carbonyl (C=O) groups is 2. The third-order valence-electron chi connectivity index (χ3n) is 4.42. The third kappa shape index (κ3) is 3.90. The molecule has 2 aromatic carbocycles. The van der Waals surface area contributed by atoms with Gasteiger partial charge in [0.2, 0.25) is 7.58 Å². The lowest BCUT2D eigenvalue weighted by molar-refractivity contribution is -0.124. The summed E-state index contributed by atoms with van der Waals surface area (Å²) in [5.41, 5.74) is 0.692. The molecule has 0 amide bonds. The predicted octanol–water partition coefficient (Wildman–Crippen LogP) is 5.82. The van der Waals surface area contributed by atoms with Crippen LogP contribution in [0, 0.1) is 0 Å². The third-order valence-corrected chi connectivity index (χ3v) is 6.12. The molecule has 0 aromatic heterocycles. The van der Waals surface area contributed by atoms with Crippen molar-refractivity contribution < 1.29 is 9.59 Å². The smallest absolute Gasteiger partial charge is 0.211 e. The first-order valence-electron chi connectivity index (χ1n) is 8.05. The van der Waals surface area contributed by atoms with Crippen molar-refractivity contribution in [3.8, 4) is 0 Å². The highest BCUT2D eigenvalue weighted by atomic mass is 127. The van der Waals surface area contributed by atoms with Crippen molar-refractivity contribution >= 4 is 52.8 Å². The van der Waals surface area contributed by atoms with Crippen LogP contribution < -0.4 is 0 Å². The van der Waals surface area contributed by atoms with Crippen molar-refractivity contribution in [2.24, 2.45) is 0 Å². The molecule has 0 heterocycles. The average molecular weight is 546 g/mol. The molecular weight excluding hydrogens is 526 g/mol. The quantitative estimate of drug-likeness (QED) is 0.238. The molecule has 0 saturated heterocycles. The van der Waals surface area contributed by atoms with Gasteiger partial charge in [-0.3, -0.25) is 9.59 Å². The Hall–Kier alpha value is -0.760. The molecule has 0 radical (unpaired) electrons. The van der Waals surface area contributed by atoms with Gasteiger partial charge in [-0.05, 0) is 17.5 Å². The minimum absolute atomic E-state index is 0.115. The summed E-state index contributed by atoms with van der Waals surface area (Å²) in [6, 6.07) is 19.4. The van der Waals surface area contributed by atoms with Crippen molar-refractivity contribution in [3.63, 3.8) is 0 Å². The molecule has 24 heavy (non-hydrogen) atoms. The largest absolute Gasteiger partial charge is 0.286 e. The number of halogens is 2. The lowest BCUT2D eigenvalue weighted by Crippen LogP contribution is -2.44. The van der Waals surface area contributed by atoms with Gasteiger partial charge in [0.1, 0.15) is 5.41 Å². The van der Waals surface area contributed by atoms with Crippen LogP contribution in [0.25, 0.3) is 0 Å². The Morgan fingerprint density at radius 1 is 0.917 bits per heavy atom. The fourth-order valence-electron chi connectivity index (χ4n) is 3.21. The molecule has 0 spiro atoms. The van der Waals surface area contributed by atoms with Gasteiger partial charge in [0, 0.05) is 51.1 Å². The lowest BCUT2D eigenvalue weighted by atomic mass is 9.67. The van der Waals surface area contributed by atoms with Gasteiger partial charge in [0.05, 0.1) is 0 Å². The predicted molar refractivity (Wildman–Crippen MR) is 115 cm³/mol. The van der Waals surface area contributed by atoms with Crippen LogP contribution in [0.2, 0.25) is 0 Å². The van der Waals surface area contributed by atoms with E-state index in [0.29, 0.717) is 0 Å². The van der Waals surface area contributed by atoms with Gasteiger partial charge < -0.3 is 0 Å². The number of hydrogen-bond donors (Lipinski definition) is 0. The Bertz CT molecular complexity index is 669. The van der Waals surface area contributed by atoms with Crippen LogP contribution in [-0.4, -0.2) is 7.58 Å². The van der Waals surface area contributed by atoms with Gasteiger partial charge in [0.25, 0.3) is 0 Å². The highest BCUT2D eigenvalue weighted by Crippen LogP contribution is 2.46. The Morgan fingerprint density at radius 3 is 1.88 bits per heavy atom. The Morgan fingerprint density at radius 2 is 1.42 bits per heavy atom. The maximum Gasteiger partial charge on any atom is 0.211 e. The molecular formula is C20H20I2O2. The molecule has 0 fully saturated rings. The summed E-state index contributed by atoms with van der Waals surface area (Å²) in [6.45, 7) is 2.13. The maximum atomic E-state index is 12.8. The van der Waals surface area contributed by atoms with E-state index in [0.717, 1.165) is 30.4 Å². The summed E-state index contributed by atoms with van der Waals surface area (Å²) in [5.74, 6) is -0.158. The number of carbonyl (C=O) groups excluding carboxylic acids is 2. The van der Waals surface area contributed by atoms with E-state index in [1.54, 1.807) is 45.2 Å². The van der Waals surface area contributed by atoms with E-state index in [9.17, 15) is 9.59 Å². The topological polar surface area (TPSA) is 34.1 Å². The second kappa shape index (κ2) is 9.08. The van der Waals surface area contributed by atoms with Gasteiger partial charge >= 0.3 is 0 Å². The summed E-state index contributed by atoms with van der Waals surface area (Å²) in [6.07, 6.45) is 2.81. The highest BCUT2D eigenvalue weighted by molar-refractivity contribution is 14.1. The molecule has 2 nitrogen and oxygen atoms in total. The van der Waals surface area contributed by atoms with Crippen LogP contribution in [0.3, 0.4) is 0 Å². The molecule has 1 atom stereocenters. The zero-order valence-corrected chi connectivity index (χ0v) is 17.9. The summed E-state index contributed by atoms with van der Waals surface area (Å²) in [5, 5.41) is 0. The first-order valence-corrected chi connectivity index (χ1v) is 10.2. The van der Waals surface area contributed by atoms with E-state index in [1.807, 2.05) is 60.7 Å². The number of benzene rings is 2. The summed E-state index contributed by atoms with van der Waals surface area (Å²) in [7, 11) is 0. The van der Waals surface area contributed by atoms with Crippen LogP contribution >= 0.6 is 45.2 Å². The second-order valence-corrected chi connectivity index (χ2v) is 7.79. The maximum absolute atomic E-state index is 12.8. The Kier molecular flexibility index (Phi) is 7.40. The highest BCUT2D eigenvalue weighted by Gasteiger charge is 2.51. The molecule has 0 aliphatic heterocycles. The van der Waals surface area contributed by atoms with Crippen molar-refractivity contribution in [3.05, 3.63) is 71.8 Å². The van der Waals surface area contributed by atoms with Crippen LogP contribution in [0.4, 0.5) is 0 Å². The fourth-order valence-corrected chi connectivity index (χ4v) is 5.59. The molecule has 4 heteroatoms. The van der Waals surface area contributed by atoms with E-state index in [1.165, 1.54) is 0 Å². The molecule has 2 aromatic rings. The van der Waals surface area contributed by atoms with Gasteiger partial charge in [-0.25, -0.2) is 0 Å². The Balaban J connectivity index is 2.70. The number of hydrogen-bond acceptors (Lipinski definition) is 2. The first-order chi connectivity index (χ1) is 11.5. The van der Waals surface area contributed by atoms with Gasteiger partial charge in [-0.1, -0.05) is 80.4 Å². The molecule has 0 aliphatic rings. The molecule has 0 N–H and O–H groups in total. The molecule has 2 rings (SSSR count). The van der Waals surface area contributed by atoms with Crippen molar-refractivity contribution in [1.29, 1.82) is 0 Å². The van der Waals surface area contributed by atoms with E-state index in [-0.39, 0.29) is 13.5 Å². The Labute approximate surface area is 170 Å². The molecule has 0 aliphatic carbocycles. The first kappa shape index (κ1) is 19.6. The molecule has 126 valence electrons. The summed E-state index contributed by atoms with van der Waals surface area (Å²) < 4.78 is -0.230. The monoisotopic (exact) mass is 546 g/mol. The zero-order valence-electron chi connectivity index (χ0n) is 13.5. The van der Waals surface area contributed by atoms with E-state index < -0.39 is 5.41 Å². The molecule has 0 saturated carbocycles. The average Bonchev–Trinajstić information content (AvgIpc) is 2.59. The minimum atomic E-state index is -1.14. The van der Waals surface area contributed by atoms with Crippen molar-refractivity contribution in [1.82, 2.24) is 0 Å². The standard InChI is InChI=1S/C20H20I2O2/c1-2-3-14-17(15-10-6-4-7-11-15)20(18(21)23,19(22)24)16-12-8-5-9-13-16/h4-13,17H,2-3,14H2,1H3. The fraction of sp³-hybridized carbons (Fsp3) is 0.300. The van der Waals surface area contributed by atoms with Crippen LogP contribution in [0.15, 0.2) is 60.7 Å². The number of unbranched alkanes of at least 4 members (excludes halogenated alkanes) is 1. The van der Waals surface area contributed by atoms with Crippen molar-refractivity contribution in [2.75, 3.05) is 0 Å². The van der Waals surface area contributed by atoms with Crippen LogP contribution in [0.1, 0.15) is 43.2 Å². The summed E-state index contributed by atoms with van der Waals surface area (Å²) in [4.78, 5) is 25.7. The zero-order chi connectivity index (χ0) is 17.6. The molecule has 1 unspecified atom stereocenters.